The first-order valence-corrected chi connectivity index (χ1v) is 6.13. The van der Waals surface area contributed by atoms with Gasteiger partial charge in [-0.3, -0.25) is 0 Å². The Bertz CT molecular complexity index is 369. The summed E-state index contributed by atoms with van der Waals surface area (Å²) in [5.74, 6) is 0. The average Bonchev–Trinajstić information content (AvgIpc) is 2.79. The van der Waals surface area contributed by atoms with E-state index >= 15 is 0 Å². The van der Waals surface area contributed by atoms with Gasteiger partial charge < -0.3 is 4.74 Å². The molecule has 1 nitrogen and oxygen atoms in total. The maximum absolute atomic E-state index is 6.07. The fourth-order valence-corrected chi connectivity index (χ4v) is 2.38. The lowest BCUT2D eigenvalue weighted by atomic mass is 10.0. The molecule has 2 rings (SSSR count). The molecule has 76 valence electrons. The third-order valence-corrected chi connectivity index (χ3v) is 4.07. The molecule has 1 aliphatic heterocycles. The van der Waals surface area contributed by atoms with Crippen LogP contribution in [0.15, 0.2) is 18.2 Å². The highest BCUT2D eigenvalue weighted by molar-refractivity contribution is 9.09. The van der Waals surface area contributed by atoms with Gasteiger partial charge in [0.2, 0.25) is 0 Å². The molecule has 0 spiro atoms. The van der Waals surface area contributed by atoms with Crippen LogP contribution in [0.5, 0.6) is 0 Å². The summed E-state index contributed by atoms with van der Waals surface area (Å²) in [6.45, 7) is 2.05. The molecule has 0 saturated carbocycles. The van der Waals surface area contributed by atoms with E-state index in [2.05, 4.69) is 22.9 Å². The van der Waals surface area contributed by atoms with Gasteiger partial charge in [-0.15, -0.1) is 0 Å². The third-order valence-electron chi connectivity index (χ3n) is 2.39. The molecule has 1 heterocycles. The van der Waals surface area contributed by atoms with E-state index in [4.69, 9.17) is 27.9 Å². The van der Waals surface area contributed by atoms with Crippen molar-refractivity contribution in [3.8, 4) is 0 Å². The van der Waals surface area contributed by atoms with Crippen LogP contribution < -0.4 is 0 Å². The molecule has 0 radical (unpaired) electrons. The van der Waals surface area contributed by atoms with Gasteiger partial charge in [0.25, 0.3) is 0 Å². The second-order valence-electron chi connectivity index (χ2n) is 3.61. The molecular formula is C10H9BrCl2O. The summed E-state index contributed by atoms with van der Waals surface area (Å²) in [4.78, 5) is 0. The topological polar surface area (TPSA) is 12.5 Å². The molecule has 2 unspecified atom stereocenters. The second kappa shape index (κ2) is 3.67. The first-order valence-electron chi connectivity index (χ1n) is 4.25. The maximum Gasteiger partial charge on any atom is 0.114 e. The smallest absolute Gasteiger partial charge is 0.114 e. The van der Waals surface area contributed by atoms with Crippen molar-refractivity contribution in [3.05, 3.63) is 33.8 Å². The molecule has 1 aromatic carbocycles. The van der Waals surface area contributed by atoms with Gasteiger partial charge in [-0.25, -0.2) is 0 Å². The zero-order valence-corrected chi connectivity index (χ0v) is 10.7. The lowest BCUT2D eigenvalue weighted by molar-refractivity contribution is 0.330. The largest absolute Gasteiger partial charge is 0.360 e. The Morgan fingerprint density at radius 3 is 2.71 bits per heavy atom. The van der Waals surface area contributed by atoms with E-state index in [1.165, 1.54) is 0 Å². The summed E-state index contributed by atoms with van der Waals surface area (Å²) in [7, 11) is 0. The zero-order valence-electron chi connectivity index (χ0n) is 7.56. The molecule has 14 heavy (non-hydrogen) atoms. The average molecular weight is 296 g/mol. The Kier molecular flexibility index (Phi) is 2.82. The van der Waals surface area contributed by atoms with Crippen LogP contribution in [0.4, 0.5) is 0 Å². The van der Waals surface area contributed by atoms with Crippen molar-refractivity contribution in [1.29, 1.82) is 0 Å². The minimum absolute atomic E-state index is 0.0895. The van der Waals surface area contributed by atoms with E-state index in [0.29, 0.717) is 10.0 Å². The Labute approximate surface area is 101 Å². The zero-order chi connectivity index (χ0) is 10.3. The van der Waals surface area contributed by atoms with Crippen LogP contribution in [0.25, 0.3) is 0 Å². The molecule has 0 amide bonds. The van der Waals surface area contributed by atoms with E-state index < -0.39 is 0 Å². The third kappa shape index (κ3) is 1.81. The SMILES string of the molecule is CC1(CBr)OC1c1ccc(Cl)cc1Cl. The summed E-state index contributed by atoms with van der Waals surface area (Å²) in [6, 6.07) is 5.50. The molecule has 4 heteroatoms. The molecule has 0 bridgehead atoms. The number of alkyl halides is 1. The quantitative estimate of drug-likeness (QED) is 0.588. The highest BCUT2D eigenvalue weighted by atomic mass is 79.9. The van der Waals surface area contributed by atoms with E-state index in [-0.39, 0.29) is 11.7 Å². The molecule has 0 aliphatic carbocycles. The van der Waals surface area contributed by atoms with E-state index in [1.54, 1.807) is 6.07 Å². The predicted molar refractivity (Wildman–Crippen MR) is 62.5 cm³/mol. The summed E-state index contributed by atoms with van der Waals surface area (Å²) in [5, 5.41) is 2.14. The predicted octanol–water partition coefficient (Wildman–Crippen LogP) is 4.22. The molecule has 2 atom stereocenters. The maximum atomic E-state index is 6.07. The van der Waals surface area contributed by atoms with E-state index in [9.17, 15) is 0 Å². The van der Waals surface area contributed by atoms with Gasteiger partial charge in [-0.1, -0.05) is 45.2 Å². The van der Waals surface area contributed by atoms with Gasteiger partial charge in [-0.2, -0.15) is 0 Å². The van der Waals surface area contributed by atoms with E-state index in [0.717, 1.165) is 10.9 Å². The minimum Gasteiger partial charge on any atom is -0.360 e. The molecule has 0 N–H and O–H groups in total. The number of ether oxygens (including phenoxy) is 1. The van der Waals surface area contributed by atoms with Crippen LogP contribution >= 0.6 is 39.1 Å². The van der Waals surface area contributed by atoms with Crippen molar-refractivity contribution in [2.24, 2.45) is 0 Å². The Morgan fingerprint density at radius 1 is 1.50 bits per heavy atom. The van der Waals surface area contributed by atoms with Crippen LogP contribution in [0, 0.1) is 0 Å². The Balaban J connectivity index is 2.27. The highest BCUT2D eigenvalue weighted by Crippen LogP contribution is 2.52. The van der Waals surface area contributed by atoms with Gasteiger partial charge in [-0.05, 0) is 19.1 Å². The summed E-state index contributed by atoms with van der Waals surface area (Å²) in [6.07, 6.45) is 0.0895. The lowest BCUT2D eigenvalue weighted by Gasteiger charge is -2.03. The summed E-state index contributed by atoms with van der Waals surface area (Å²) >= 11 is 15.3. The standard InChI is InChI=1S/C10H9BrCl2O/c1-10(5-11)9(14-10)7-3-2-6(12)4-8(7)13/h2-4,9H,5H2,1H3. The monoisotopic (exact) mass is 294 g/mol. The van der Waals surface area contributed by atoms with Crippen molar-refractivity contribution in [1.82, 2.24) is 0 Å². The van der Waals surface area contributed by atoms with Gasteiger partial charge in [0.1, 0.15) is 11.7 Å². The molecule has 1 fully saturated rings. The van der Waals surface area contributed by atoms with Crippen molar-refractivity contribution in [3.63, 3.8) is 0 Å². The first kappa shape index (κ1) is 10.7. The van der Waals surface area contributed by atoms with Crippen LogP contribution in [0.1, 0.15) is 18.6 Å². The molecule has 1 aliphatic rings. The molecule has 1 saturated heterocycles. The van der Waals surface area contributed by atoms with Crippen molar-refractivity contribution >= 4 is 39.1 Å². The van der Waals surface area contributed by atoms with Gasteiger partial charge in [0.15, 0.2) is 0 Å². The van der Waals surface area contributed by atoms with Crippen molar-refractivity contribution in [2.45, 2.75) is 18.6 Å². The lowest BCUT2D eigenvalue weighted by Crippen LogP contribution is -2.07. The Morgan fingerprint density at radius 2 is 2.21 bits per heavy atom. The molecular weight excluding hydrogens is 287 g/mol. The number of benzene rings is 1. The fraction of sp³-hybridized carbons (Fsp3) is 0.400. The molecule has 0 aromatic heterocycles. The van der Waals surface area contributed by atoms with Crippen LogP contribution in [-0.2, 0) is 4.74 Å². The first-order chi connectivity index (χ1) is 6.57. The normalized spacial score (nSPS) is 30.4. The number of hydrogen-bond donors (Lipinski definition) is 0. The van der Waals surface area contributed by atoms with Gasteiger partial charge in [0, 0.05) is 20.9 Å². The number of rotatable bonds is 2. The fourth-order valence-electron chi connectivity index (χ4n) is 1.44. The Hall–Kier alpha value is 0.240. The second-order valence-corrected chi connectivity index (χ2v) is 5.01. The number of halogens is 3. The summed E-state index contributed by atoms with van der Waals surface area (Å²) in [5.41, 5.74) is 0.898. The van der Waals surface area contributed by atoms with Gasteiger partial charge in [0.05, 0.1) is 0 Å². The highest BCUT2D eigenvalue weighted by Gasteiger charge is 2.52. The molecule has 1 aromatic rings. The van der Waals surface area contributed by atoms with Crippen LogP contribution in [0.3, 0.4) is 0 Å². The minimum atomic E-state index is -0.114. The number of epoxide rings is 1. The van der Waals surface area contributed by atoms with Crippen LogP contribution in [0.2, 0.25) is 10.0 Å². The van der Waals surface area contributed by atoms with Gasteiger partial charge >= 0.3 is 0 Å². The number of hydrogen-bond acceptors (Lipinski definition) is 1. The summed E-state index contributed by atoms with van der Waals surface area (Å²) < 4.78 is 5.59. The van der Waals surface area contributed by atoms with Crippen LogP contribution in [-0.4, -0.2) is 10.9 Å². The van der Waals surface area contributed by atoms with Crippen molar-refractivity contribution in [2.75, 3.05) is 5.33 Å². The van der Waals surface area contributed by atoms with E-state index in [1.807, 2.05) is 12.1 Å². The van der Waals surface area contributed by atoms with Crippen molar-refractivity contribution < 1.29 is 4.74 Å².